The van der Waals surface area contributed by atoms with Crippen LogP contribution in [0.5, 0.6) is 0 Å². The van der Waals surface area contributed by atoms with Crippen LogP contribution in [0.2, 0.25) is 0 Å². The van der Waals surface area contributed by atoms with Crippen LogP contribution < -0.4 is 0 Å². The van der Waals surface area contributed by atoms with E-state index >= 15 is 0 Å². The van der Waals surface area contributed by atoms with Crippen LogP contribution in [0.15, 0.2) is 28.7 Å². The van der Waals surface area contributed by atoms with Gasteiger partial charge in [0, 0.05) is 17.1 Å². The summed E-state index contributed by atoms with van der Waals surface area (Å²) in [6.45, 7) is 0.974. The second kappa shape index (κ2) is 5.98. The molecule has 1 N–H and O–H groups in total. The molecular formula is C14H20BrNO. The molecule has 0 unspecified atom stereocenters. The van der Waals surface area contributed by atoms with E-state index in [4.69, 9.17) is 0 Å². The maximum atomic E-state index is 9.52. The first-order valence-electron chi connectivity index (χ1n) is 6.28. The Kier molecular flexibility index (Phi) is 4.60. The average molecular weight is 298 g/mol. The van der Waals surface area contributed by atoms with E-state index in [1.54, 1.807) is 0 Å². The van der Waals surface area contributed by atoms with Crippen LogP contribution >= 0.6 is 15.9 Å². The van der Waals surface area contributed by atoms with Gasteiger partial charge in [0.15, 0.2) is 0 Å². The Morgan fingerprint density at radius 3 is 2.53 bits per heavy atom. The number of aliphatic hydroxyl groups excluding tert-OH is 1. The molecule has 17 heavy (non-hydrogen) atoms. The van der Waals surface area contributed by atoms with Crippen molar-refractivity contribution in [1.82, 2.24) is 4.90 Å². The standard InChI is InChI=1S/C14H20BrNO/c1-16(12-6-8-13(17)9-7-12)10-11-4-2-3-5-14(11)15/h2-5,12-13,17H,6-10H2,1H3. The Balaban J connectivity index is 1.93. The maximum Gasteiger partial charge on any atom is 0.0541 e. The molecule has 0 bridgehead atoms. The largest absolute Gasteiger partial charge is 0.393 e. The first kappa shape index (κ1) is 13.1. The number of hydrogen-bond donors (Lipinski definition) is 1. The maximum absolute atomic E-state index is 9.52. The smallest absolute Gasteiger partial charge is 0.0541 e. The van der Waals surface area contributed by atoms with Gasteiger partial charge >= 0.3 is 0 Å². The minimum Gasteiger partial charge on any atom is -0.393 e. The summed E-state index contributed by atoms with van der Waals surface area (Å²) in [4.78, 5) is 2.41. The second-order valence-electron chi connectivity index (χ2n) is 4.97. The van der Waals surface area contributed by atoms with Gasteiger partial charge in [0.25, 0.3) is 0 Å². The lowest BCUT2D eigenvalue weighted by Crippen LogP contribution is -2.35. The van der Waals surface area contributed by atoms with E-state index < -0.39 is 0 Å². The highest BCUT2D eigenvalue weighted by molar-refractivity contribution is 9.10. The Hall–Kier alpha value is -0.380. The molecule has 0 aromatic heterocycles. The predicted molar refractivity (Wildman–Crippen MR) is 73.9 cm³/mol. The highest BCUT2D eigenvalue weighted by Crippen LogP contribution is 2.25. The van der Waals surface area contributed by atoms with Gasteiger partial charge < -0.3 is 5.11 Å². The molecule has 0 saturated heterocycles. The van der Waals surface area contributed by atoms with Crippen molar-refractivity contribution in [2.75, 3.05) is 7.05 Å². The molecule has 0 radical (unpaired) electrons. The van der Waals surface area contributed by atoms with Crippen molar-refractivity contribution in [2.45, 2.75) is 44.4 Å². The fourth-order valence-electron chi connectivity index (χ4n) is 2.52. The van der Waals surface area contributed by atoms with E-state index in [0.29, 0.717) is 6.04 Å². The normalized spacial score (nSPS) is 25.2. The van der Waals surface area contributed by atoms with Crippen LogP contribution in [0.4, 0.5) is 0 Å². The Morgan fingerprint density at radius 1 is 1.24 bits per heavy atom. The number of aliphatic hydroxyl groups is 1. The van der Waals surface area contributed by atoms with Gasteiger partial charge in [0.2, 0.25) is 0 Å². The SMILES string of the molecule is CN(Cc1ccccc1Br)C1CCC(O)CC1. The molecule has 1 saturated carbocycles. The van der Waals surface area contributed by atoms with Crippen molar-refractivity contribution < 1.29 is 5.11 Å². The molecule has 3 heteroatoms. The van der Waals surface area contributed by atoms with Gasteiger partial charge in [0.1, 0.15) is 0 Å². The van der Waals surface area contributed by atoms with E-state index in [1.807, 2.05) is 6.07 Å². The molecule has 1 aromatic rings. The summed E-state index contributed by atoms with van der Waals surface area (Å²) < 4.78 is 1.18. The lowest BCUT2D eigenvalue weighted by Gasteiger charge is -2.33. The van der Waals surface area contributed by atoms with E-state index in [0.717, 1.165) is 32.2 Å². The second-order valence-corrected chi connectivity index (χ2v) is 5.82. The van der Waals surface area contributed by atoms with E-state index in [1.165, 1.54) is 10.0 Å². The molecule has 0 aliphatic heterocycles. The Morgan fingerprint density at radius 2 is 1.88 bits per heavy atom. The van der Waals surface area contributed by atoms with Crippen LogP contribution in [-0.4, -0.2) is 29.2 Å². The monoisotopic (exact) mass is 297 g/mol. The van der Waals surface area contributed by atoms with Crippen LogP contribution in [0.25, 0.3) is 0 Å². The third kappa shape index (κ3) is 3.54. The average Bonchev–Trinajstić information content (AvgIpc) is 2.33. The summed E-state index contributed by atoms with van der Waals surface area (Å²) in [7, 11) is 2.18. The molecule has 2 rings (SSSR count). The fraction of sp³-hybridized carbons (Fsp3) is 0.571. The lowest BCUT2D eigenvalue weighted by molar-refractivity contribution is 0.0817. The minimum absolute atomic E-state index is 0.0666. The number of rotatable bonds is 3. The van der Waals surface area contributed by atoms with Gasteiger partial charge in [0.05, 0.1) is 6.10 Å². The zero-order valence-electron chi connectivity index (χ0n) is 10.3. The third-order valence-electron chi connectivity index (χ3n) is 3.67. The van der Waals surface area contributed by atoms with Crippen LogP contribution in [0.3, 0.4) is 0 Å². The number of halogens is 1. The zero-order valence-corrected chi connectivity index (χ0v) is 11.9. The van der Waals surface area contributed by atoms with Crippen molar-refractivity contribution >= 4 is 15.9 Å². The minimum atomic E-state index is -0.0666. The zero-order chi connectivity index (χ0) is 12.3. The molecule has 94 valence electrons. The lowest BCUT2D eigenvalue weighted by atomic mass is 9.92. The van der Waals surface area contributed by atoms with Crippen molar-refractivity contribution in [3.05, 3.63) is 34.3 Å². The Labute approximate surface area is 112 Å². The third-order valence-corrected chi connectivity index (χ3v) is 4.44. The van der Waals surface area contributed by atoms with Crippen molar-refractivity contribution in [3.8, 4) is 0 Å². The number of benzene rings is 1. The summed E-state index contributed by atoms with van der Waals surface area (Å²) in [5.74, 6) is 0. The molecule has 1 aliphatic carbocycles. The van der Waals surface area contributed by atoms with E-state index in [2.05, 4.69) is 46.1 Å². The van der Waals surface area contributed by atoms with Gasteiger partial charge in [-0.25, -0.2) is 0 Å². The highest BCUT2D eigenvalue weighted by Gasteiger charge is 2.22. The molecule has 0 amide bonds. The topological polar surface area (TPSA) is 23.5 Å². The molecular weight excluding hydrogens is 278 g/mol. The van der Waals surface area contributed by atoms with E-state index in [-0.39, 0.29) is 6.10 Å². The van der Waals surface area contributed by atoms with Crippen LogP contribution in [-0.2, 0) is 6.54 Å². The summed E-state index contributed by atoms with van der Waals surface area (Å²) in [6, 6.07) is 9.00. The molecule has 2 nitrogen and oxygen atoms in total. The fourth-order valence-corrected chi connectivity index (χ4v) is 2.93. The summed E-state index contributed by atoms with van der Waals surface area (Å²) in [5.41, 5.74) is 1.33. The molecule has 1 fully saturated rings. The first-order chi connectivity index (χ1) is 8.16. The molecule has 0 spiro atoms. The van der Waals surface area contributed by atoms with Crippen molar-refractivity contribution in [2.24, 2.45) is 0 Å². The summed E-state index contributed by atoms with van der Waals surface area (Å²) >= 11 is 3.59. The van der Waals surface area contributed by atoms with Crippen molar-refractivity contribution in [3.63, 3.8) is 0 Å². The first-order valence-corrected chi connectivity index (χ1v) is 7.08. The summed E-state index contributed by atoms with van der Waals surface area (Å²) in [5, 5.41) is 9.52. The van der Waals surface area contributed by atoms with Gasteiger partial charge in [-0.05, 0) is 44.4 Å². The van der Waals surface area contributed by atoms with Crippen molar-refractivity contribution in [1.29, 1.82) is 0 Å². The van der Waals surface area contributed by atoms with E-state index in [9.17, 15) is 5.11 Å². The van der Waals surface area contributed by atoms with Gasteiger partial charge in [-0.15, -0.1) is 0 Å². The molecule has 0 atom stereocenters. The van der Waals surface area contributed by atoms with Gasteiger partial charge in [-0.2, -0.15) is 0 Å². The number of nitrogens with zero attached hydrogens (tertiary/aromatic N) is 1. The highest BCUT2D eigenvalue weighted by atomic mass is 79.9. The van der Waals surface area contributed by atoms with Gasteiger partial charge in [-0.1, -0.05) is 34.1 Å². The van der Waals surface area contributed by atoms with Gasteiger partial charge in [-0.3, -0.25) is 4.90 Å². The Bertz CT molecular complexity index is 361. The van der Waals surface area contributed by atoms with Crippen LogP contribution in [0.1, 0.15) is 31.2 Å². The molecule has 1 aromatic carbocycles. The quantitative estimate of drug-likeness (QED) is 0.926. The molecule has 0 heterocycles. The van der Waals surface area contributed by atoms with Crippen LogP contribution in [0, 0.1) is 0 Å². The predicted octanol–water partition coefficient (Wildman–Crippen LogP) is 3.18. The summed E-state index contributed by atoms with van der Waals surface area (Å²) in [6.07, 6.45) is 4.06. The number of hydrogen-bond acceptors (Lipinski definition) is 2. The molecule has 1 aliphatic rings.